The quantitative estimate of drug-likeness (QED) is 0.472. The smallest absolute Gasteiger partial charge is 0.302 e. The van der Waals surface area contributed by atoms with E-state index in [1.54, 1.807) is 0 Å². The number of halogens is 2. The Labute approximate surface area is 117 Å². The van der Waals surface area contributed by atoms with Crippen LogP contribution in [0.2, 0.25) is 5.02 Å². The topological polar surface area (TPSA) is 52.3 Å². The van der Waals surface area contributed by atoms with Crippen LogP contribution in [0.3, 0.4) is 0 Å². The van der Waals surface area contributed by atoms with Crippen molar-refractivity contribution in [2.45, 2.75) is 39.0 Å². The van der Waals surface area contributed by atoms with E-state index in [-0.39, 0.29) is 11.0 Å². The summed E-state index contributed by atoms with van der Waals surface area (Å²) in [5.74, 6) is -0.676. The largest absolute Gasteiger partial charge is 0.466 e. The molecule has 0 bridgehead atoms. The molecule has 0 radical (unpaired) electrons. The van der Waals surface area contributed by atoms with Crippen LogP contribution in [0.25, 0.3) is 0 Å². The van der Waals surface area contributed by atoms with Gasteiger partial charge in [0.05, 0.1) is 11.6 Å². The van der Waals surface area contributed by atoms with Gasteiger partial charge in [-0.05, 0) is 37.0 Å². The summed E-state index contributed by atoms with van der Waals surface area (Å²) in [4.78, 5) is 10.5. The highest BCUT2D eigenvalue weighted by Gasteiger charge is 2.06. The zero-order chi connectivity index (χ0) is 14.3. The fourth-order valence-corrected chi connectivity index (χ4v) is 1.98. The monoisotopic (exact) mass is 287 g/mol. The maximum absolute atomic E-state index is 13.3. The van der Waals surface area contributed by atoms with Gasteiger partial charge in [0.1, 0.15) is 5.82 Å². The molecule has 3 nitrogen and oxygen atoms in total. The molecule has 0 aliphatic carbocycles. The van der Waals surface area contributed by atoms with Gasteiger partial charge in [-0.25, -0.2) is 4.39 Å². The molecule has 106 valence electrons. The van der Waals surface area contributed by atoms with Crippen molar-refractivity contribution < 1.29 is 13.9 Å². The lowest BCUT2D eigenvalue weighted by Gasteiger charge is -2.07. The molecular weight excluding hydrogens is 269 g/mol. The van der Waals surface area contributed by atoms with Crippen molar-refractivity contribution in [2.24, 2.45) is 0 Å². The number of anilines is 1. The van der Waals surface area contributed by atoms with E-state index in [9.17, 15) is 9.18 Å². The Morgan fingerprint density at radius 3 is 2.68 bits per heavy atom. The average molecular weight is 288 g/mol. The van der Waals surface area contributed by atoms with Gasteiger partial charge in [-0.2, -0.15) is 0 Å². The molecule has 1 rings (SSSR count). The molecule has 0 aromatic heterocycles. The van der Waals surface area contributed by atoms with Crippen molar-refractivity contribution in [3.8, 4) is 0 Å². The molecule has 5 heteroatoms. The number of carbonyl (C=O) groups is 1. The van der Waals surface area contributed by atoms with Crippen molar-refractivity contribution in [3.63, 3.8) is 0 Å². The fraction of sp³-hybridized carbons (Fsp3) is 0.500. The molecule has 0 unspecified atom stereocenters. The van der Waals surface area contributed by atoms with E-state index in [1.807, 2.05) is 0 Å². The summed E-state index contributed by atoms with van der Waals surface area (Å²) in [6.07, 6.45) is 4.47. The van der Waals surface area contributed by atoms with E-state index < -0.39 is 5.82 Å². The normalized spacial score (nSPS) is 10.5. The van der Waals surface area contributed by atoms with Crippen LogP contribution in [-0.2, 0) is 16.0 Å². The standard InChI is InChI=1S/C14H19ClFNO2/c1-10(18)19-7-5-3-2-4-6-11-8-13(16)12(15)9-14(11)17/h8-9H,2-7,17H2,1H3. The number of rotatable bonds is 7. The molecule has 0 aliphatic rings. The second kappa shape index (κ2) is 8.00. The second-order valence-electron chi connectivity index (χ2n) is 4.47. The van der Waals surface area contributed by atoms with Gasteiger partial charge in [-0.3, -0.25) is 4.79 Å². The minimum absolute atomic E-state index is 0.0580. The highest BCUT2D eigenvalue weighted by Crippen LogP contribution is 2.23. The Hall–Kier alpha value is -1.29. The minimum atomic E-state index is -0.430. The van der Waals surface area contributed by atoms with Gasteiger partial charge in [-0.1, -0.05) is 24.4 Å². The van der Waals surface area contributed by atoms with E-state index in [1.165, 1.54) is 19.1 Å². The van der Waals surface area contributed by atoms with Gasteiger partial charge >= 0.3 is 5.97 Å². The van der Waals surface area contributed by atoms with Crippen LogP contribution in [0.5, 0.6) is 0 Å². The minimum Gasteiger partial charge on any atom is -0.466 e. The van der Waals surface area contributed by atoms with E-state index >= 15 is 0 Å². The van der Waals surface area contributed by atoms with E-state index in [0.29, 0.717) is 12.3 Å². The lowest BCUT2D eigenvalue weighted by molar-refractivity contribution is -0.141. The third-order valence-corrected chi connectivity index (χ3v) is 3.12. The van der Waals surface area contributed by atoms with Crippen LogP contribution in [0, 0.1) is 5.82 Å². The van der Waals surface area contributed by atoms with Gasteiger partial charge in [-0.15, -0.1) is 0 Å². The molecule has 0 atom stereocenters. The van der Waals surface area contributed by atoms with Gasteiger partial charge in [0.25, 0.3) is 0 Å². The van der Waals surface area contributed by atoms with Crippen molar-refractivity contribution in [1.29, 1.82) is 0 Å². The van der Waals surface area contributed by atoms with Crippen molar-refractivity contribution in [3.05, 3.63) is 28.5 Å². The van der Waals surface area contributed by atoms with Crippen LogP contribution < -0.4 is 5.73 Å². The van der Waals surface area contributed by atoms with Crippen LogP contribution >= 0.6 is 11.6 Å². The summed E-state index contributed by atoms with van der Waals surface area (Å²) in [5.41, 5.74) is 7.10. The molecule has 0 spiro atoms. The molecule has 0 saturated carbocycles. The predicted molar refractivity (Wildman–Crippen MR) is 74.6 cm³/mol. The van der Waals surface area contributed by atoms with Crippen LogP contribution in [0.4, 0.5) is 10.1 Å². The van der Waals surface area contributed by atoms with Crippen molar-refractivity contribution in [1.82, 2.24) is 0 Å². The summed E-state index contributed by atoms with van der Waals surface area (Å²) < 4.78 is 18.1. The first-order chi connectivity index (χ1) is 9.00. The number of nitrogen functional groups attached to an aromatic ring is 1. The first-order valence-electron chi connectivity index (χ1n) is 6.37. The molecule has 0 amide bonds. The number of ether oxygens (including phenoxy) is 1. The lowest BCUT2D eigenvalue weighted by atomic mass is 10.0. The van der Waals surface area contributed by atoms with Crippen LogP contribution in [-0.4, -0.2) is 12.6 Å². The zero-order valence-corrected chi connectivity index (χ0v) is 11.8. The molecule has 0 fully saturated rings. The number of nitrogens with two attached hydrogens (primary N) is 1. The molecule has 0 heterocycles. The molecule has 19 heavy (non-hydrogen) atoms. The maximum Gasteiger partial charge on any atom is 0.302 e. The Balaban J connectivity index is 2.23. The summed E-state index contributed by atoms with van der Waals surface area (Å²) in [7, 11) is 0. The van der Waals surface area contributed by atoms with Crippen LogP contribution in [0.15, 0.2) is 12.1 Å². The van der Waals surface area contributed by atoms with E-state index in [2.05, 4.69) is 0 Å². The highest BCUT2D eigenvalue weighted by molar-refractivity contribution is 6.31. The number of unbranched alkanes of at least 4 members (excludes halogenated alkanes) is 3. The molecule has 2 N–H and O–H groups in total. The number of hydrogen-bond acceptors (Lipinski definition) is 3. The maximum atomic E-state index is 13.3. The summed E-state index contributed by atoms with van der Waals surface area (Å²) >= 11 is 5.63. The Morgan fingerprint density at radius 2 is 2.00 bits per heavy atom. The van der Waals surface area contributed by atoms with E-state index in [0.717, 1.165) is 37.7 Å². The van der Waals surface area contributed by atoms with Gasteiger partial charge in [0.15, 0.2) is 0 Å². The van der Waals surface area contributed by atoms with Crippen molar-refractivity contribution >= 4 is 23.3 Å². The van der Waals surface area contributed by atoms with Gasteiger partial charge in [0, 0.05) is 12.6 Å². The number of aryl methyl sites for hydroxylation is 1. The Bertz CT molecular complexity index is 438. The summed E-state index contributed by atoms with van der Waals surface area (Å²) in [6.45, 7) is 1.87. The third kappa shape index (κ3) is 5.92. The average Bonchev–Trinajstić information content (AvgIpc) is 2.33. The fourth-order valence-electron chi connectivity index (χ4n) is 1.81. The third-order valence-electron chi connectivity index (χ3n) is 2.83. The number of carbonyl (C=O) groups excluding carboxylic acids is 1. The number of hydrogen-bond donors (Lipinski definition) is 1. The summed E-state index contributed by atoms with van der Waals surface area (Å²) in [5, 5.41) is 0.0580. The van der Waals surface area contributed by atoms with E-state index in [4.69, 9.17) is 22.1 Å². The highest BCUT2D eigenvalue weighted by atomic mass is 35.5. The Morgan fingerprint density at radius 1 is 1.32 bits per heavy atom. The SMILES string of the molecule is CC(=O)OCCCCCCc1cc(F)c(Cl)cc1N. The predicted octanol–water partition coefficient (Wildman–Crippen LogP) is 3.73. The first kappa shape index (κ1) is 15.8. The molecule has 1 aromatic carbocycles. The molecule has 0 saturated heterocycles. The van der Waals surface area contributed by atoms with Gasteiger partial charge < -0.3 is 10.5 Å². The molecule has 0 aliphatic heterocycles. The Kier molecular flexibility index (Phi) is 6.64. The van der Waals surface area contributed by atoms with Gasteiger partial charge in [0.2, 0.25) is 0 Å². The number of benzene rings is 1. The zero-order valence-electron chi connectivity index (χ0n) is 11.0. The van der Waals surface area contributed by atoms with Crippen LogP contribution in [0.1, 0.15) is 38.2 Å². The number of esters is 1. The lowest BCUT2D eigenvalue weighted by Crippen LogP contribution is -2.00. The molecule has 1 aromatic rings. The first-order valence-corrected chi connectivity index (χ1v) is 6.75. The molecular formula is C14H19ClFNO2. The van der Waals surface area contributed by atoms with Crippen molar-refractivity contribution in [2.75, 3.05) is 12.3 Å². The summed E-state index contributed by atoms with van der Waals surface area (Å²) in [6, 6.07) is 2.85. The second-order valence-corrected chi connectivity index (χ2v) is 4.88.